The van der Waals surface area contributed by atoms with Crippen LogP contribution in [-0.2, 0) is 0 Å². The second-order valence-electron chi connectivity index (χ2n) is 6.78. The summed E-state index contributed by atoms with van der Waals surface area (Å²) in [4.78, 5) is 27.1. The van der Waals surface area contributed by atoms with Gasteiger partial charge in [-0.2, -0.15) is 0 Å². The zero-order valence-electron chi connectivity index (χ0n) is 16.0. The van der Waals surface area contributed by atoms with Crippen molar-refractivity contribution in [3.63, 3.8) is 0 Å². The van der Waals surface area contributed by atoms with Crippen molar-refractivity contribution in [2.45, 2.75) is 19.8 Å². The molecule has 7 nitrogen and oxygen atoms in total. The van der Waals surface area contributed by atoms with Crippen LogP contribution in [0.15, 0.2) is 48.5 Å². The summed E-state index contributed by atoms with van der Waals surface area (Å²) in [5.74, 6) is 0.802. The molecule has 1 amide bonds. The van der Waals surface area contributed by atoms with Gasteiger partial charge in [-0.25, -0.2) is 0 Å². The molecule has 0 atom stereocenters. The van der Waals surface area contributed by atoms with Gasteiger partial charge in [0.2, 0.25) is 0 Å². The summed E-state index contributed by atoms with van der Waals surface area (Å²) in [7, 11) is 0. The van der Waals surface area contributed by atoms with Crippen LogP contribution in [0.1, 0.15) is 30.1 Å². The minimum Gasteiger partial charge on any atom is -0.494 e. The van der Waals surface area contributed by atoms with Crippen molar-refractivity contribution < 1.29 is 14.5 Å². The fraction of sp³-hybridized carbons (Fsp3) is 0.381. The minimum absolute atomic E-state index is 0.0171. The largest absolute Gasteiger partial charge is 0.494 e. The van der Waals surface area contributed by atoms with E-state index in [1.54, 1.807) is 12.1 Å². The van der Waals surface area contributed by atoms with E-state index in [4.69, 9.17) is 4.74 Å². The fourth-order valence-electron chi connectivity index (χ4n) is 3.16. The lowest BCUT2D eigenvalue weighted by atomic mass is 10.1. The quantitative estimate of drug-likeness (QED) is 0.414. The monoisotopic (exact) mass is 383 g/mol. The molecule has 0 unspecified atom stereocenters. The number of ether oxygens (including phenoxy) is 1. The summed E-state index contributed by atoms with van der Waals surface area (Å²) in [5.41, 5.74) is 1.68. The molecular weight excluding hydrogens is 358 g/mol. The van der Waals surface area contributed by atoms with E-state index in [2.05, 4.69) is 11.8 Å². The molecule has 2 aromatic carbocycles. The number of amides is 1. The number of nitrogens with zero attached hydrogens (tertiary/aromatic N) is 3. The fourth-order valence-corrected chi connectivity index (χ4v) is 3.16. The van der Waals surface area contributed by atoms with Gasteiger partial charge in [-0.3, -0.25) is 14.9 Å². The van der Waals surface area contributed by atoms with E-state index in [0.717, 1.165) is 24.3 Å². The third kappa shape index (κ3) is 4.79. The van der Waals surface area contributed by atoms with Crippen LogP contribution in [0.25, 0.3) is 0 Å². The van der Waals surface area contributed by atoms with Crippen molar-refractivity contribution in [3.8, 4) is 5.75 Å². The lowest BCUT2D eigenvalue weighted by molar-refractivity contribution is -0.384. The number of carbonyl (C=O) groups excluding carboxylic acids is 1. The van der Waals surface area contributed by atoms with Gasteiger partial charge in [0.05, 0.1) is 11.5 Å². The topological polar surface area (TPSA) is 75.9 Å². The first-order chi connectivity index (χ1) is 13.6. The Labute approximate surface area is 164 Å². The van der Waals surface area contributed by atoms with Crippen LogP contribution < -0.4 is 9.64 Å². The maximum Gasteiger partial charge on any atom is 0.269 e. The summed E-state index contributed by atoms with van der Waals surface area (Å²) in [5, 5.41) is 10.8. The van der Waals surface area contributed by atoms with Gasteiger partial charge in [0, 0.05) is 49.6 Å². The Balaban J connectivity index is 1.54. The molecule has 1 fully saturated rings. The molecule has 0 aromatic heterocycles. The zero-order valence-corrected chi connectivity index (χ0v) is 16.0. The van der Waals surface area contributed by atoms with Crippen LogP contribution >= 0.6 is 0 Å². The number of rotatable bonds is 7. The Hall–Kier alpha value is -3.09. The smallest absolute Gasteiger partial charge is 0.269 e. The molecular formula is C21H25N3O4. The molecule has 0 spiro atoms. The van der Waals surface area contributed by atoms with Gasteiger partial charge in [-0.15, -0.1) is 0 Å². The Morgan fingerprint density at radius 3 is 2.25 bits per heavy atom. The molecule has 1 heterocycles. The van der Waals surface area contributed by atoms with Crippen LogP contribution in [0, 0.1) is 10.1 Å². The predicted octanol–water partition coefficient (Wildman–Crippen LogP) is 3.74. The Kier molecular flexibility index (Phi) is 6.47. The maximum atomic E-state index is 12.7. The van der Waals surface area contributed by atoms with E-state index in [9.17, 15) is 14.9 Å². The summed E-state index contributed by atoms with van der Waals surface area (Å²) in [6.45, 7) is 5.43. The van der Waals surface area contributed by atoms with E-state index in [1.165, 1.54) is 12.1 Å². The molecule has 0 radical (unpaired) electrons. The number of hydrogen-bond donors (Lipinski definition) is 0. The number of carbonyl (C=O) groups is 1. The maximum absolute atomic E-state index is 12.7. The van der Waals surface area contributed by atoms with E-state index in [0.29, 0.717) is 38.3 Å². The van der Waals surface area contributed by atoms with Gasteiger partial charge in [0.25, 0.3) is 11.6 Å². The van der Waals surface area contributed by atoms with Crippen LogP contribution in [-0.4, -0.2) is 48.5 Å². The average Bonchev–Trinajstić information content (AvgIpc) is 2.74. The number of non-ortho nitro benzene ring substituents is 1. The standard InChI is InChI=1S/C21H25N3O4/c1-2-3-16-28-20-10-4-17(5-11-20)21(25)23-14-12-22(13-15-23)18-6-8-19(9-7-18)24(26)27/h4-11H,2-3,12-16H2,1H3. The summed E-state index contributed by atoms with van der Waals surface area (Å²) in [6.07, 6.45) is 2.10. The molecule has 148 valence electrons. The zero-order chi connectivity index (χ0) is 19.9. The number of hydrogen-bond acceptors (Lipinski definition) is 5. The van der Waals surface area contributed by atoms with Gasteiger partial charge in [0.15, 0.2) is 0 Å². The minimum atomic E-state index is -0.402. The molecule has 1 aliphatic rings. The van der Waals surface area contributed by atoms with E-state index in [1.807, 2.05) is 29.2 Å². The lowest BCUT2D eigenvalue weighted by Gasteiger charge is -2.36. The van der Waals surface area contributed by atoms with Crippen molar-refractivity contribution in [1.82, 2.24) is 4.90 Å². The first kappa shape index (κ1) is 19.7. The second kappa shape index (κ2) is 9.21. The van der Waals surface area contributed by atoms with Gasteiger partial charge in [0.1, 0.15) is 5.75 Å². The number of nitro benzene ring substituents is 1. The molecule has 1 saturated heterocycles. The summed E-state index contributed by atoms with van der Waals surface area (Å²) in [6, 6.07) is 13.8. The van der Waals surface area contributed by atoms with Gasteiger partial charge >= 0.3 is 0 Å². The van der Waals surface area contributed by atoms with Crippen molar-refractivity contribution in [2.24, 2.45) is 0 Å². The summed E-state index contributed by atoms with van der Waals surface area (Å²) < 4.78 is 5.64. The van der Waals surface area contributed by atoms with E-state index in [-0.39, 0.29) is 11.6 Å². The normalized spacial score (nSPS) is 14.0. The van der Waals surface area contributed by atoms with Crippen LogP contribution in [0.4, 0.5) is 11.4 Å². The highest BCUT2D eigenvalue weighted by Crippen LogP contribution is 2.21. The number of benzene rings is 2. The molecule has 1 aliphatic heterocycles. The number of nitro groups is 1. The first-order valence-corrected chi connectivity index (χ1v) is 9.60. The molecule has 0 bridgehead atoms. The SMILES string of the molecule is CCCCOc1ccc(C(=O)N2CCN(c3ccc([N+](=O)[O-])cc3)CC2)cc1. The van der Waals surface area contributed by atoms with Gasteiger partial charge in [-0.1, -0.05) is 13.3 Å². The number of unbranched alkanes of at least 4 members (excludes halogenated alkanes) is 1. The van der Waals surface area contributed by atoms with Gasteiger partial charge in [-0.05, 0) is 42.8 Å². The van der Waals surface area contributed by atoms with Crippen molar-refractivity contribution in [2.75, 3.05) is 37.7 Å². The molecule has 3 rings (SSSR count). The van der Waals surface area contributed by atoms with Crippen LogP contribution in [0.3, 0.4) is 0 Å². The molecule has 7 heteroatoms. The first-order valence-electron chi connectivity index (χ1n) is 9.60. The number of anilines is 1. The Morgan fingerprint density at radius 1 is 1.04 bits per heavy atom. The molecule has 2 aromatic rings. The van der Waals surface area contributed by atoms with Crippen LogP contribution in [0.5, 0.6) is 5.75 Å². The third-order valence-corrected chi connectivity index (χ3v) is 4.86. The Morgan fingerprint density at radius 2 is 1.68 bits per heavy atom. The molecule has 0 aliphatic carbocycles. The van der Waals surface area contributed by atoms with Crippen molar-refractivity contribution in [3.05, 3.63) is 64.2 Å². The molecule has 0 saturated carbocycles. The van der Waals surface area contributed by atoms with Crippen molar-refractivity contribution >= 4 is 17.3 Å². The number of piperazine rings is 1. The highest BCUT2D eigenvalue weighted by atomic mass is 16.6. The molecule has 0 N–H and O–H groups in total. The third-order valence-electron chi connectivity index (χ3n) is 4.86. The summed E-state index contributed by atoms with van der Waals surface area (Å²) >= 11 is 0. The second-order valence-corrected chi connectivity index (χ2v) is 6.78. The van der Waals surface area contributed by atoms with Crippen LogP contribution in [0.2, 0.25) is 0 Å². The van der Waals surface area contributed by atoms with E-state index >= 15 is 0 Å². The predicted molar refractivity (Wildman–Crippen MR) is 108 cm³/mol. The van der Waals surface area contributed by atoms with E-state index < -0.39 is 4.92 Å². The van der Waals surface area contributed by atoms with Gasteiger partial charge < -0.3 is 14.5 Å². The highest BCUT2D eigenvalue weighted by molar-refractivity contribution is 5.94. The Bertz CT molecular complexity index is 797. The highest BCUT2D eigenvalue weighted by Gasteiger charge is 2.22. The lowest BCUT2D eigenvalue weighted by Crippen LogP contribution is -2.48. The molecule has 28 heavy (non-hydrogen) atoms. The average molecular weight is 383 g/mol. The van der Waals surface area contributed by atoms with Crippen molar-refractivity contribution in [1.29, 1.82) is 0 Å².